The molecule has 0 aliphatic rings. The number of rotatable bonds is 5. The van der Waals surface area contributed by atoms with Crippen molar-refractivity contribution in [1.82, 2.24) is 5.32 Å². The minimum Gasteiger partial charge on any atom is -0.496 e. The second-order valence-electron chi connectivity index (χ2n) is 4.44. The molecule has 4 nitrogen and oxygen atoms in total. The van der Waals surface area contributed by atoms with Gasteiger partial charge >= 0.3 is 0 Å². The van der Waals surface area contributed by atoms with Crippen molar-refractivity contribution in [1.29, 1.82) is 0 Å². The van der Waals surface area contributed by atoms with Crippen LogP contribution >= 0.6 is 23.8 Å². The summed E-state index contributed by atoms with van der Waals surface area (Å²) in [6, 6.07) is 4.48. The molecule has 0 aliphatic heterocycles. The average molecular weight is 301 g/mol. The third-order valence-electron chi connectivity index (χ3n) is 2.67. The first-order valence-electron chi connectivity index (χ1n) is 5.80. The quantitative estimate of drug-likeness (QED) is 0.820. The van der Waals surface area contributed by atoms with Crippen LogP contribution in [0.2, 0.25) is 5.02 Å². The number of thiocarbonyl (C=S) groups is 1. The molecule has 0 bridgehead atoms. The van der Waals surface area contributed by atoms with E-state index in [1.54, 1.807) is 18.2 Å². The van der Waals surface area contributed by atoms with Crippen molar-refractivity contribution in [3.63, 3.8) is 0 Å². The Hall–Kier alpha value is -1.33. The Bertz CT molecular complexity index is 492. The van der Waals surface area contributed by atoms with Crippen molar-refractivity contribution >= 4 is 34.7 Å². The number of hydrogen-bond donors (Lipinski definition) is 2. The van der Waals surface area contributed by atoms with E-state index in [9.17, 15) is 4.79 Å². The van der Waals surface area contributed by atoms with Gasteiger partial charge in [-0.25, -0.2) is 0 Å². The Kier molecular flexibility index (Phi) is 5.57. The Morgan fingerprint density at radius 1 is 1.47 bits per heavy atom. The Labute approximate surface area is 123 Å². The molecule has 0 aliphatic carbocycles. The van der Waals surface area contributed by atoms with E-state index < -0.39 is 0 Å². The molecule has 6 heteroatoms. The maximum absolute atomic E-state index is 12.2. The summed E-state index contributed by atoms with van der Waals surface area (Å²) in [4.78, 5) is 12.5. The highest BCUT2D eigenvalue weighted by molar-refractivity contribution is 7.80. The number of halogens is 1. The number of benzene rings is 1. The maximum atomic E-state index is 12.2. The Morgan fingerprint density at radius 2 is 2.11 bits per heavy atom. The minimum absolute atomic E-state index is 0.103. The molecule has 0 saturated heterocycles. The summed E-state index contributed by atoms with van der Waals surface area (Å²) in [7, 11) is 1.49. The fourth-order valence-electron chi connectivity index (χ4n) is 1.64. The molecular formula is C13H17ClN2O2S. The van der Waals surface area contributed by atoms with Crippen molar-refractivity contribution in [3.8, 4) is 5.75 Å². The predicted molar refractivity (Wildman–Crippen MR) is 80.9 cm³/mol. The number of carbonyl (C=O) groups is 1. The van der Waals surface area contributed by atoms with Gasteiger partial charge in [0, 0.05) is 5.02 Å². The number of nitrogens with two attached hydrogens (primary N) is 1. The van der Waals surface area contributed by atoms with Crippen LogP contribution in [0, 0.1) is 5.92 Å². The van der Waals surface area contributed by atoms with Crippen LogP contribution in [0.5, 0.6) is 5.75 Å². The molecule has 1 rings (SSSR count). The van der Waals surface area contributed by atoms with Crippen LogP contribution in [0.1, 0.15) is 24.2 Å². The van der Waals surface area contributed by atoms with E-state index in [-0.39, 0.29) is 22.9 Å². The highest BCUT2D eigenvalue weighted by atomic mass is 35.5. The molecule has 0 fully saturated rings. The normalized spacial score (nSPS) is 12.1. The van der Waals surface area contributed by atoms with Crippen LogP contribution < -0.4 is 15.8 Å². The van der Waals surface area contributed by atoms with Gasteiger partial charge in [-0.2, -0.15) is 0 Å². The number of methoxy groups -OCH3 is 1. The molecule has 1 aromatic carbocycles. The molecule has 0 aromatic heterocycles. The molecular weight excluding hydrogens is 284 g/mol. The lowest BCUT2D eigenvalue weighted by molar-refractivity contribution is 0.0937. The van der Waals surface area contributed by atoms with Crippen LogP contribution in [-0.4, -0.2) is 24.0 Å². The lowest BCUT2D eigenvalue weighted by Crippen LogP contribution is -2.46. The zero-order valence-electron chi connectivity index (χ0n) is 11.1. The smallest absolute Gasteiger partial charge is 0.255 e. The fourth-order valence-corrected chi connectivity index (χ4v) is 2.15. The number of hydrogen-bond acceptors (Lipinski definition) is 3. The van der Waals surface area contributed by atoms with E-state index in [0.29, 0.717) is 16.3 Å². The molecule has 1 aromatic rings. The van der Waals surface area contributed by atoms with Crippen LogP contribution in [0.25, 0.3) is 0 Å². The molecule has 3 N–H and O–H groups in total. The third kappa shape index (κ3) is 4.08. The second kappa shape index (κ2) is 6.73. The van der Waals surface area contributed by atoms with E-state index >= 15 is 0 Å². The van der Waals surface area contributed by atoms with Gasteiger partial charge in [0.2, 0.25) is 0 Å². The van der Waals surface area contributed by atoms with Crippen molar-refractivity contribution in [3.05, 3.63) is 28.8 Å². The highest BCUT2D eigenvalue weighted by Crippen LogP contribution is 2.22. The fraction of sp³-hybridized carbons (Fsp3) is 0.385. The Balaban J connectivity index is 3.00. The molecule has 0 radical (unpaired) electrons. The molecule has 104 valence electrons. The van der Waals surface area contributed by atoms with Gasteiger partial charge in [-0.05, 0) is 24.1 Å². The zero-order valence-corrected chi connectivity index (χ0v) is 12.6. The number of carbonyl (C=O) groups excluding carboxylic acids is 1. The first kappa shape index (κ1) is 15.7. The zero-order chi connectivity index (χ0) is 14.6. The molecule has 1 atom stereocenters. The van der Waals surface area contributed by atoms with Crippen molar-refractivity contribution < 1.29 is 9.53 Å². The molecule has 0 saturated carbocycles. The van der Waals surface area contributed by atoms with Crippen LogP contribution in [0.15, 0.2) is 18.2 Å². The van der Waals surface area contributed by atoms with E-state index in [2.05, 4.69) is 5.32 Å². The van der Waals surface area contributed by atoms with Gasteiger partial charge in [-0.3, -0.25) is 4.79 Å². The first-order chi connectivity index (χ1) is 8.86. The molecule has 0 spiro atoms. The summed E-state index contributed by atoms with van der Waals surface area (Å²) in [5.41, 5.74) is 5.98. The van der Waals surface area contributed by atoms with E-state index in [0.717, 1.165) is 0 Å². The molecule has 1 amide bonds. The van der Waals surface area contributed by atoms with Crippen molar-refractivity contribution in [2.24, 2.45) is 11.7 Å². The standard InChI is InChI=1S/C13H17ClN2O2S/c1-7(2)11(12(15)19)16-13(17)9-6-8(14)4-5-10(9)18-3/h4-7,11H,1-3H3,(H2,15,19)(H,16,17). The summed E-state index contributed by atoms with van der Waals surface area (Å²) in [6.07, 6.45) is 0. The largest absolute Gasteiger partial charge is 0.496 e. The summed E-state index contributed by atoms with van der Waals surface area (Å²) < 4.78 is 5.14. The Morgan fingerprint density at radius 3 is 2.58 bits per heavy atom. The van der Waals surface area contributed by atoms with Gasteiger partial charge in [-0.1, -0.05) is 37.7 Å². The van der Waals surface area contributed by atoms with Crippen molar-refractivity contribution in [2.45, 2.75) is 19.9 Å². The average Bonchev–Trinajstić information content (AvgIpc) is 2.34. The van der Waals surface area contributed by atoms with Crippen LogP contribution in [0.3, 0.4) is 0 Å². The first-order valence-corrected chi connectivity index (χ1v) is 6.59. The molecule has 1 unspecified atom stereocenters. The second-order valence-corrected chi connectivity index (χ2v) is 5.35. The lowest BCUT2D eigenvalue weighted by atomic mass is 10.0. The number of nitrogens with one attached hydrogen (secondary N) is 1. The highest BCUT2D eigenvalue weighted by Gasteiger charge is 2.21. The molecule has 0 heterocycles. The minimum atomic E-state index is -0.369. The van der Waals surface area contributed by atoms with E-state index in [4.69, 9.17) is 34.3 Å². The van der Waals surface area contributed by atoms with Crippen molar-refractivity contribution in [2.75, 3.05) is 7.11 Å². The summed E-state index contributed by atoms with van der Waals surface area (Å²) in [6.45, 7) is 3.86. The van der Waals surface area contributed by atoms with Gasteiger partial charge in [0.15, 0.2) is 0 Å². The third-order valence-corrected chi connectivity index (χ3v) is 3.15. The summed E-state index contributed by atoms with van der Waals surface area (Å²) in [5, 5.41) is 3.25. The van der Waals surface area contributed by atoms with Gasteiger partial charge < -0.3 is 15.8 Å². The topological polar surface area (TPSA) is 64.3 Å². The number of ether oxygens (including phenoxy) is 1. The summed E-state index contributed by atoms with van der Waals surface area (Å²) in [5.74, 6) is 0.241. The van der Waals surface area contributed by atoms with E-state index in [1.165, 1.54) is 7.11 Å². The number of amides is 1. The SMILES string of the molecule is COc1ccc(Cl)cc1C(=O)NC(C(N)=S)C(C)C. The van der Waals surface area contributed by atoms with Gasteiger partial charge in [-0.15, -0.1) is 0 Å². The van der Waals surface area contributed by atoms with Gasteiger partial charge in [0.05, 0.1) is 23.7 Å². The predicted octanol–water partition coefficient (Wildman–Crippen LogP) is 2.39. The monoisotopic (exact) mass is 300 g/mol. The van der Waals surface area contributed by atoms with E-state index in [1.807, 2.05) is 13.8 Å². The van der Waals surface area contributed by atoms with Crippen LogP contribution in [0.4, 0.5) is 0 Å². The molecule has 19 heavy (non-hydrogen) atoms. The van der Waals surface area contributed by atoms with Gasteiger partial charge in [0.1, 0.15) is 5.75 Å². The van der Waals surface area contributed by atoms with Gasteiger partial charge in [0.25, 0.3) is 5.91 Å². The van der Waals surface area contributed by atoms with Crippen LogP contribution in [-0.2, 0) is 0 Å². The lowest BCUT2D eigenvalue weighted by Gasteiger charge is -2.21. The maximum Gasteiger partial charge on any atom is 0.255 e. The summed E-state index contributed by atoms with van der Waals surface area (Å²) >= 11 is 10.8.